The van der Waals surface area contributed by atoms with Crippen LogP contribution in [0.25, 0.3) is 10.2 Å². The highest BCUT2D eigenvalue weighted by Crippen LogP contribution is 2.22. The molecule has 0 radical (unpaired) electrons. The number of amides is 1. The third-order valence-corrected chi connectivity index (χ3v) is 6.84. The number of hydrogen-bond acceptors (Lipinski definition) is 6. The van der Waals surface area contributed by atoms with Gasteiger partial charge in [0.2, 0.25) is 10.0 Å². The Kier molecular flexibility index (Phi) is 6.44. The van der Waals surface area contributed by atoms with Gasteiger partial charge in [0.1, 0.15) is 6.54 Å². The van der Waals surface area contributed by atoms with Crippen molar-refractivity contribution < 1.29 is 22.7 Å². The number of hydrogen-bond donors (Lipinski definition) is 1. The van der Waals surface area contributed by atoms with Gasteiger partial charge in [-0.3, -0.25) is 9.59 Å². The Morgan fingerprint density at radius 3 is 2.35 bits per heavy atom. The monoisotopic (exact) mass is 461 g/mol. The van der Waals surface area contributed by atoms with Crippen molar-refractivity contribution >= 4 is 43.5 Å². The van der Waals surface area contributed by atoms with Crippen LogP contribution >= 0.6 is 11.3 Å². The van der Waals surface area contributed by atoms with E-state index in [1.807, 2.05) is 32.9 Å². The predicted molar refractivity (Wildman–Crippen MR) is 118 cm³/mol. The second kappa shape index (κ2) is 8.74. The molecule has 0 aliphatic rings. The topological polar surface area (TPSA) is 121 Å². The number of thiazole rings is 1. The highest BCUT2D eigenvalue weighted by Gasteiger charge is 2.16. The fraction of sp³-hybridized carbons (Fsp3) is 0.286. The minimum atomic E-state index is -3.89. The van der Waals surface area contributed by atoms with E-state index in [2.05, 4.69) is 4.99 Å². The molecule has 1 heterocycles. The molecule has 0 saturated carbocycles. The van der Waals surface area contributed by atoms with E-state index in [9.17, 15) is 18.0 Å². The van der Waals surface area contributed by atoms with Crippen molar-refractivity contribution in [3.8, 4) is 0 Å². The van der Waals surface area contributed by atoms with Crippen molar-refractivity contribution in [2.24, 2.45) is 10.1 Å². The SMILES string of the molecule is COC(=O)Cn1c(=NC(=O)Cc2c(C)cc(C)cc2C)sc2cc(S(N)(=O)=O)ccc21. The molecule has 3 rings (SSSR count). The average molecular weight is 462 g/mol. The van der Waals surface area contributed by atoms with Crippen molar-refractivity contribution in [3.63, 3.8) is 0 Å². The molecule has 0 aliphatic heterocycles. The molecule has 2 aromatic carbocycles. The zero-order valence-corrected chi connectivity index (χ0v) is 19.3. The first-order chi connectivity index (χ1) is 14.5. The molecule has 0 saturated heterocycles. The van der Waals surface area contributed by atoms with Crippen LogP contribution in [0.4, 0.5) is 0 Å². The largest absolute Gasteiger partial charge is 0.468 e. The van der Waals surface area contributed by atoms with E-state index in [1.54, 1.807) is 0 Å². The van der Waals surface area contributed by atoms with Gasteiger partial charge in [-0.2, -0.15) is 4.99 Å². The highest BCUT2D eigenvalue weighted by atomic mass is 32.2. The van der Waals surface area contributed by atoms with E-state index in [4.69, 9.17) is 9.88 Å². The predicted octanol–water partition coefficient (Wildman–Crippen LogP) is 2.12. The molecule has 31 heavy (non-hydrogen) atoms. The van der Waals surface area contributed by atoms with E-state index in [-0.39, 0.29) is 28.6 Å². The molecule has 0 bridgehead atoms. The van der Waals surface area contributed by atoms with Crippen molar-refractivity contribution in [2.75, 3.05) is 7.11 Å². The standard InChI is InChI=1S/C21H23N3O5S2/c1-12-7-13(2)16(14(3)8-12)10-19(25)23-21-24(11-20(26)29-4)17-6-5-15(31(22,27)28)9-18(17)30-21/h5-9H,10-11H2,1-4H3,(H2,22,27,28). The number of fused-ring (bicyclic) bond motifs is 1. The van der Waals surface area contributed by atoms with Gasteiger partial charge in [0.15, 0.2) is 4.80 Å². The number of methoxy groups -OCH3 is 1. The Hall–Kier alpha value is -2.82. The van der Waals surface area contributed by atoms with Crippen LogP contribution in [0.15, 0.2) is 40.2 Å². The van der Waals surface area contributed by atoms with Crippen LogP contribution < -0.4 is 9.94 Å². The van der Waals surface area contributed by atoms with Crippen LogP contribution in [-0.2, 0) is 37.3 Å². The molecule has 0 atom stereocenters. The number of nitrogens with zero attached hydrogens (tertiary/aromatic N) is 2. The molecule has 0 unspecified atom stereocenters. The van der Waals surface area contributed by atoms with Gasteiger partial charge in [-0.25, -0.2) is 13.6 Å². The number of primary sulfonamides is 1. The van der Waals surface area contributed by atoms with Crippen LogP contribution in [0.5, 0.6) is 0 Å². The Labute approximate surface area is 184 Å². The minimum Gasteiger partial charge on any atom is -0.468 e. The van der Waals surface area contributed by atoms with Gasteiger partial charge in [0.25, 0.3) is 5.91 Å². The first-order valence-electron chi connectivity index (χ1n) is 9.37. The van der Waals surface area contributed by atoms with Crippen LogP contribution in [0, 0.1) is 20.8 Å². The molecule has 10 heteroatoms. The normalized spacial score (nSPS) is 12.4. The van der Waals surface area contributed by atoms with Crippen LogP contribution in [0.3, 0.4) is 0 Å². The minimum absolute atomic E-state index is 0.0600. The first kappa shape index (κ1) is 22.9. The summed E-state index contributed by atoms with van der Waals surface area (Å²) in [7, 11) is -2.63. The summed E-state index contributed by atoms with van der Waals surface area (Å²) in [5.74, 6) is -0.888. The van der Waals surface area contributed by atoms with Crippen LogP contribution in [0.2, 0.25) is 0 Å². The number of aromatic nitrogens is 1. The molecule has 8 nitrogen and oxygen atoms in total. The molecule has 1 amide bonds. The summed E-state index contributed by atoms with van der Waals surface area (Å²) in [5, 5.41) is 5.22. The Bertz CT molecular complexity index is 1340. The number of ether oxygens (including phenoxy) is 1. The molecule has 2 N–H and O–H groups in total. The van der Waals surface area contributed by atoms with E-state index >= 15 is 0 Å². The van der Waals surface area contributed by atoms with E-state index in [1.165, 1.54) is 29.9 Å². The average Bonchev–Trinajstić information content (AvgIpc) is 3.00. The second-order valence-corrected chi connectivity index (χ2v) is 9.85. The van der Waals surface area contributed by atoms with E-state index in [0.29, 0.717) is 10.2 Å². The Morgan fingerprint density at radius 2 is 1.77 bits per heavy atom. The number of rotatable bonds is 5. The third kappa shape index (κ3) is 5.09. The van der Waals surface area contributed by atoms with E-state index < -0.39 is 16.0 Å². The fourth-order valence-corrected chi connectivity index (χ4v) is 5.15. The van der Waals surface area contributed by atoms with Crippen molar-refractivity contribution in [1.29, 1.82) is 0 Å². The maximum atomic E-state index is 12.8. The van der Waals surface area contributed by atoms with Crippen molar-refractivity contribution in [3.05, 3.63) is 57.4 Å². The molecule has 0 fully saturated rings. The van der Waals surface area contributed by atoms with E-state index in [0.717, 1.165) is 33.6 Å². The fourth-order valence-electron chi connectivity index (χ4n) is 3.45. The summed E-state index contributed by atoms with van der Waals surface area (Å²) in [6.07, 6.45) is 0.118. The Balaban J connectivity index is 2.10. The van der Waals surface area contributed by atoms with Gasteiger partial charge in [-0.05, 0) is 55.7 Å². The van der Waals surface area contributed by atoms with Crippen molar-refractivity contribution in [2.45, 2.75) is 38.6 Å². The lowest BCUT2D eigenvalue weighted by atomic mass is 9.97. The number of esters is 1. The summed E-state index contributed by atoms with van der Waals surface area (Å²) in [6, 6.07) is 8.32. The Morgan fingerprint density at radius 1 is 1.13 bits per heavy atom. The van der Waals surface area contributed by atoms with Gasteiger partial charge in [-0.1, -0.05) is 29.0 Å². The van der Waals surface area contributed by atoms with Gasteiger partial charge >= 0.3 is 5.97 Å². The third-order valence-electron chi connectivity index (χ3n) is 4.89. The highest BCUT2D eigenvalue weighted by molar-refractivity contribution is 7.89. The number of aryl methyl sites for hydroxylation is 3. The molecular formula is C21H23N3O5S2. The number of carbonyl (C=O) groups excluding carboxylic acids is 2. The van der Waals surface area contributed by atoms with Crippen molar-refractivity contribution in [1.82, 2.24) is 4.57 Å². The van der Waals surface area contributed by atoms with Crippen LogP contribution in [0.1, 0.15) is 22.3 Å². The van der Waals surface area contributed by atoms with Crippen LogP contribution in [-0.4, -0.2) is 32.0 Å². The second-order valence-electron chi connectivity index (χ2n) is 7.28. The summed E-state index contributed by atoms with van der Waals surface area (Å²) < 4.78 is 30.2. The molecule has 164 valence electrons. The molecule has 0 aliphatic carbocycles. The molecule has 3 aromatic rings. The number of sulfonamides is 1. The lowest BCUT2D eigenvalue weighted by Gasteiger charge is -2.09. The summed E-state index contributed by atoms with van der Waals surface area (Å²) in [4.78, 5) is 29.1. The molecular weight excluding hydrogens is 438 g/mol. The van der Waals surface area contributed by atoms with Gasteiger partial charge in [-0.15, -0.1) is 0 Å². The van der Waals surface area contributed by atoms with Gasteiger partial charge in [0, 0.05) is 0 Å². The number of nitrogens with two attached hydrogens (primary N) is 1. The summed E-state index contributed by atoms with van der Waals surface area (Å²) in [6.45, 7) is 5.74. The van der Waals surface area contributed by atoms with Gasteiger partial charge < -0.3 is 9.30 Å². The maximum absolute atomic E-state index is 12.8. The number of benzene rings is 2. The summed E-state index contributed by atoms with van der Waals surface area (Å²) >= 11 is 1.10. The quantitative estimate of drug-likeness (QED) is 0.584. The molecule has 1 aromatic heterocycles. The lowest BCUT2D eigenvalue weighted by Crippen LogP contribution is -2.22. The number of carbonyl (C=O) groups is 2. The zero-order chi connectivity index (χ0) is 22.9. The molecule has 0 spiro atoms. The zero-order valence-electron chi connectivity index (χ0n) is 17.6. The smallest absolute Gasteiger partial charge is 0.325 e. The summed E-state index contributed by atoms with van der Waals surface area (Å²) in [5.41, 5.74) is 4.61. The lowest BCUT2D eigenvalue weighted by molar-refractivity contribution is -0.141. The first-order valence-corrected chi connectivity index (χ1v) is 11.7. The van der Waals surface area contributed by atoms with Gasteiger partial charge in [0.05, 0.1) is 28.6 Å². The maximum Gasteiger partial charge on any atom is 0.325 e.